The fourth-order valence-electron chi connectivity index (χ4n) is 4.35. The first kappa shape index (κ1) is 26.3. The highest BCUT2D eigenvalue weighted by atomic mass is 35.5. The number of aromatic nitrogens is 2. The highest BCUT2D eigenvalue weighted by Crippen LogP contribution is 2.22. The molecule has 3 aromatic rings. The predicted octanol–water partition coefficient (Wildman–Crippen LogP) is 3.48. The lowest BCUT2D eigenvalue weighted by molar-refractivity contribution is 0.0916. The second-order valence-electron chi connectivity index (χ2n) is 8.89. The minimum atomic E-state index is -0.790. The molecule has 4 N–H and O–H groups in total. The average molecular weight is 527 g/mol. The Balaban J connectivity index is 1.44. The van der Waals surface area contributed by atoms with E-state index in [-0.39, 0.29) is 22.0 Å². The molecule has 11 heteroatoms. The summed E-state index contributed by atoms with van der Waals surface area (Å²) >= 11 is 5.96. The number of nitrogens with zero attached hydrogens (tertiary/aromatic N) is 3. The second-order valence-corrected chi connectivity index (χ2v) is 9.30. The molecule has 3 amide bonds. The van der Waals surface area contributed by atoms with Gasteiger partial charge in [-0.15, -0.1) is 0 Å². The maximum absolute atomic E-state index is 13.3. The van der Waals surface area contributed by atoms with Crippen LogP contribution >= 0.6 is 11.6 Å². The van der Waals surface area contributed by atoms with Crippen molar-refractivity contribution in [3.8, 4) is 5.69 Å². The van der Waals surface area contributed by atoms with E-state index in [1.165, 1.54) is 17.0 Å². The number of anilines is 1. The smallest absolute Gasteiger partial charge is 0.272 e. The van der Waals surface area contributed by atoms with Crippen LogP contribution < -0.4 is 16.4 Å². The molecule has 4 rings (SSSR count). The molecule has 1 saturated heterocycles. The average Bonchev–Trinajstić information content (AvgIpc) is 3.34. The van der Waals surface area contributed by atoms with Crippen molar-refractivity contribution in [1.82, 2.24) is 19.8 Å². The Bertz CT molecular complexity index is 1300. The Hall–Kier alpha value is -3.76. The van der Waals surface area contributed by atoms with Crippen molar-refractivity contribution in [2.24, 2.45) is 11.7 Å². The van der Waals surface area contributed by atoms with E-state index < -0.39 is 23.5 Å². The first-order chi connectivity index (χ1) is 17.8. The number of halogens is 2. The summed E-state index contributed by atoms with van der Waals surface area (Å²) in [4.78, 5) is 44.1. The van der Waals surface area contributed by atoms with Crippen molar-refractivity contribution in [1.29, 1.82) is 0 Å². The summed E-state index contributed by atoms with van der Waals surface area (Å²) in [5, 5.41) is 5.57. The van der Waals surface area contributed by atoms with Crippen LogP contribution in [0.25, 0.3) is 5.69 Å². The molecule has 37 heavy (non-hydrogen) atoms. The molecule has 1 aliphatic rings. The van der Waals surface area contributed by atoms with Crippen LogP contribution in [0.1, 0.15) is 51.1 Å². The fourth-order valence-corrected chi connectivity index (χ4v) is 4.60. The molecule has 1 aliphatic heterocycles. The Morgan fingerprint density at radius 2 is 1.81 bits per heavy atom. The number of carbonyl (C=O) groups is 3. The highest BCUT2D eigenvalue weighted by molar-refractivity contribution is 6.34. The zero-order valence-corrected chi connectivity index (χ0v) is 21.1. The van der Waals surface area contributed by atoms with Gasteiger partial charge in [0.05, 0.1) is 10.6 Å². The molecule has 0 atom stereocenters. The van der Waals surface area contributed by atoms with Gasteiger partial charge in [-0.05, 0) is 80.9 Å². The molecule has 0 unspecified atom stereocenters. The minimum absolute atomic E-state index is 0.00383. The van der Waals surface area contributed by atoms with Gasteiger partial charge in [-0.25, -0.2) is 9.37 Å². The summed E-state index contributed by atoms with van der Waals surface area (Å²) in [5.41, 5.74) is 6.63. The lowest BCUT2D eigenvalue weighted by Crippen LogP contribution is -2.39. The Morgan fingerprint density at radius 1 is 1.11 bits per heavy atom. The van der Waals surface area contributed by atoms with E-state index in [4.69, 9.17) is 17.3 Å². The van der Waals surface area contributed by atoms with E-state index in [1.807, 2.05) is 0 Å². The van der Waals surface area contributed by atoms with Gasteiger partial charge < -0.3 is 21.3 Å². The minimum Gasteiger partial charge on any atom is -0.364 e. The number of nitrogens with one attached hydrogen (secondary N) is 2. The molecule has 194 valence electrons. The van der Waals surface area contributed by atoms with Gasteiger partial charge in [0.2, 0.25) is 0 Å². The predicted molar refractivity (Wildman–Crippen MR) is 139 cm³/mol. The third-order valence-corrected chi connectivity index (χ3v) is 6.81. The third-order valence-electron chi connectivity index (χ3n) is 6.50. The summed E-state index contributed by atoms with van der Waals surface area (Å²) < 4.78 is 14.7. The van der Waals surface area contributed by atoms with E-state index in [0.717, 1.165) is 44.6 Å². The molecular formula is C26H28ClFN6O3. The summed E-state index contributed by atoms with van der Waals surface area (Å²) in [5.74, 6) is -1.91. The van der Waals surface area contributed by atoms with Gasteiger partial charge in [-0.1, -0.05) is 18.5 Å². The number of nitrogens with two attached hydrogens (primary N) is 1. The van der Waals surface area contributed by atoms with Gasteiger partial charge in [0.25, 0.3) is 17.7 Å². The van der Waals surface area contributed by atoms with Gasteiger partial charge >= 0.3 is 0 Å². The van der Waals surface area contributed by atoms with Crippen molar-refractivity contribution >= 4 is 35.0 Å². The van der Waals surface area contributed by atoms with E-state index in [0.29, 0.717) is 23.8 Å². The van der Waals surface area contributed by atoms with Crippen LogP contribution in [0.3, 0.4) is 0 Å². The largest absolute Gasteiger partial charge is 0.364 e. The molecule has 1 fully saturated rings. The molecule has 0 bridgehead atoms. The topological polar surface area (TPSA) is 122 Å². The van der Waals surface area contributed by atoms with E-state index >= 15 is 0 Å². The molecule has 2 aromatic carbocycles. The summed E-state index contributed by atoms with van der Waals surface area (Å²) in [7, 11) is 0. The maximum Gasteiger partial charge on any atom is 0.272 e. The molecule has 0 aliphatic carbocycles. The van der Waals surface area contributed by atoms with Crippen LogP contribution in [-0.2, 0) is 0 Å². The van der Waals surface area contributed by atoms with Crippen molar-refractivity contribution in [2.75, 3.05) is 31.5 Å². The number of imidazole rings is 1. The van der Waals surface area contributed by atoms with Crippen molar-refractivity contribution in [3.05, 3.63) is 76.6 Å². The number of primary amides is 1. The lowest BCUT2D eigenvalue weighted by atomic mass is 9.97. The summed E-state index contributed by atoms with van der Waals surface area (Å²) in [6.45, 7) is 5.68. The zero-order valence-electron chi connectivity index (χ0n) is 20.3. The number of rotatable bonds is 8. The van der Waals surface area contributed by atoms with Crippen LogP contribution in [0.5, 0.6) is 0 Å². The standard InChI is InChI=1S/C26H28ClFN6O3/c1-2-33-11-9-16(10-12-33)14-30-26(37)22-23(24(29)35)34(15-31-22)19-6-4-18(5-7-19)32-25(36)20-8-3-17(28)13-21(20)27/h3-8,13,15-16H,2,9-12,14H2,1H3,(H2,29,35)(H,30,37)(H,32,36). The molecule has 0 radical (unpaired) electrons. The normalized spacial score (nSPS) is 14.4. The van der Waals surface area contributed by atoms with Crippen molar-refractivity contribution < 1.29 is 18.8 Å². The van der Waals surface area contributed by atoms with Gasteiger partial charge in [0.15, 0.2) is 5.69 Å². The molecule has 1 aromatic heterocycles. The van der Waals surface area contributed by atoms with Crippen LogP contribution in [0.4, 0.5) is 10.1 Å². The first-order valence-electron chi connectivity index (χ1n) is 12.0. The molecule has 0 spiro atoms. The van der Waals surface area contributed by atoms with E-state index in [9.17, 15) is 18.8 Å². The Kier molecular flexibility index (Phi) is 8.20. The van der Waals surface area contributed by atoms with Crippen LogP contribution in [0.2, 0.25) is 5.02 Å². The quantitative estimate of drug-likeness (QED) is 0.415. The maximum atomic E-state index is 13.3. The molecular weight excluding hydrogens is 499 g/mol. The number of hydrogen-bond donors (Lipinski definition) is 3. The van der Waals surface area contributed by atoms with Gasteiger partial charge in [0, 0.05) is 17.9 Å². The zero-order chi connectivity index (χ0) is 26.5. The van der Waals surface area contributed by atoms with Gasteiger partial charge in [-0.3, -0.25) is 19.0 Å². The first-order valence-corrected chi connectivity index (χ1v) is 12.4. The number of piperidine rings is 1. The van der Waals surface area contributed by atoms with Crippen LogP contribution in [-0.4, -0.2) is 58.4 Å². The second kappa shape index (κ2) is 11.5. The number of hydrogen-bond acceptors (Lipinski definition) is 5. The summed E-state index contributed by atoms with van der Waals surface area (Å²) in [6, 6.07) is 10.0. The van der Waals surface area contributed by atoms with Crippen molar-refractivity contribution in [3.63, 3.8) is 0 Å². The fraction of sp³-hybridized carbons (Fsp3) is 0.308. The molecule has 9 nitrogen and oxygen atoms in total. The molecule has 0 saturated carbocycles. The Labute approximate surface area is 218 Å². The summed E-state index contributed by atoms with van der Waals surface area (Å²) in [6.07, 6.45) is 3.36. The van der Waals surface area contributed by atoms with Crippen LogP contribution in [0, 0.1) is 11.7 Å². The lowest BCUT2D eigenvalue weighted by Gasteiger charge is -2.30. The Morgan fingerprint density at radius 3 is 2.43 bits per heavy atom. The molecule has 2 heterocycles. The van der Waals surface area contributed by atoms with Crippen molar-refractivity contribution in [2.45, 2.75) is 19.8 Å². The number of amides is 3. The number of benzene rings is 2. The monoisotopic (exact) mass is 526 g/mol. The highest BCUT2D eigenvalue weighted by Gasteiger charge is 2.25. The SMILES string of the molecule is CCN1CCC(CNC(=O)c2ncn(-c3ccc(NC(=O)c4ccc(F)cc4Cl)cc3)c2C(N)=O)CC1. The van der Waals surface area contributed by atoms with Gasteiger partial charge in [0.1, 0.15) is 17.8 Å². The van der Waals surface area contributed by atoms with Crippen LogP contribution in [0.15, 0.2) is 48.8 Å². The van der Waals surface area contributed by atoms with E-state index in [1.54, 1.807) is 24.3 Å². The van der Waals surface area contributed by atoms with Gasteiger partial charge in [-0.2, -0.15) is 0 Å². The van der Waals surface area contributed by atoms with E-state index in [2.05, 4.69) is 27.4 Å². The third kappa shape index (κ3) is 6.15. The number of carbonyl (C=O) groups excluding carboxylic acids is 3. The number of likely N-dealkylation sites (tertiary alicyclic amines) is 1.